The highest BCUT2D eigenvalue weighted by Gasteiger charge is 2.68. The normalized spacial score (nSPS) is 24.3. The summed E-state index contributed by atoms with van der Waals surface area (Å²) in [6.07, 6.45) is 3.06. The summed E-state index contributed by atoms with van der Waals surface area (Å²) in [5.74, 6) is -3.72. The third kappa shape index (κ3) is 7.28. The van der Waals surface area contributed by atoms with E-state index in [0.29, 0.717) is 25.9 Å². The van der Waals surface area contributed by atoms with Crippen LogP contribution < -0.4 is 10.6 Å². The van der Waals surface area contributed by atoms with Gasteiger partial charge in [0.15, 0.2) is 0 Å². The maximum Gasteiger partial charge on any atom is 0.313 e. The first-order chi connectivity index (χ1) is 22.2. The lowest BCUT2D eigenvalue weighted by Crippen LogP contribution is -2.51. The van der Waals surface area contributed by atoms with Crippen LogP contribution in [0.3, 0.4) is 0 Å². The van der Waals surface area contributed by atoms with E-state index in [2.05, 4.69) is 10.6 Å². The minimum atomic E-state index is -1.06. The van der Waals surface area contributed by atoms with E-state index in [-0.39, 0.29) is 25.0 Å². The number of carbonyl (C=O) groups is 4. The third-order valence-corrected chi connectivity index (χ3v) is 8.87. The predicted molar refractivity (Wildman–Crippen MR) is 175 cm³/mol. The van der Waals surface area contributed by atoms with Crippen molar-refractivity contribution < 1.29 is 28.7 Å². The number of hydrogen-bond acceptors (Lipinski definition) is 8. The summed E-state index contributed by atoms with van der Waals surface area (Å²) in [6, 6.07) is 11.8. The molecule has 4 rings (SSSR count). The van der Waals surface area contributed by atoms with E-state index >= 15 is 0 Å². The number of ether oxygens (including phenoxy) is 2. The number of nitrogens with one attached hydrogen (secondary N) is 2. The van der Waals surface area contributed by atoms with Gasteiger partial charge in [-0.1, -0.05) is 86.3 Å². The van der Waals surface area contributed by atoms with Gasteiger partial charge in [-0.2, -0.15) is 0 Å². The summed E-state index contributed by atoms with van der Waals surface area (Å²) >= 11 is 0. The van der Waals surface area contributed by atoms with Crippen LogP contribution in [0.25, 0.3) is 0 Å². The van der Waals surface area contributed by atoms with Crippen molar-refractivity contribution in [2.75, 3.05) is 26.3 Å². The van der Waals surface area contributed by atoms with Crippen molar-refractivity contribution in [3.05, 3.63) is 70.8 Å². The molecule has 10 heteroatoms. The van der Waals surface area contributed by atoms with Gasteiger partial charge in [0.25, 0.3) is 0 Å². The molecule has 2 aromatic rings. The van der Waals surface area contributed by atoms with Crippen LogP contribution in [0.15, 0.2) is 48.5 Å². The molecule has 0 saturated carbocycles. The number of nitrogens with zero attached hydrogens (tertiary/aromatic N) is 2. The monoisotopic (exact) mass is 634 g/mol. The molecule has 0 aliphatic carbocycles. The number of aryl methyl sites for hydroxylation is 2. The fraction of sp³-hybridized carbons (Fsp3) is 0.556. The highest BCUT2D eigenvalue weighted by Crippen LogP contribution is 2.55. The third-order valence-electron chi connectivity index (χ3n) is 8.87. The van der Waals surface area contributed by atoms with Crippen LogP contribution in [0.2, 0.25) is 0 Å². The molecule has 2 fully saturated rings. The Bertz CT molecular complexity index is 1240. The number of rotatable bonds is 14. The molecule has 6 atom stereocenters. The van der Waals surface area contributed by atoms with Crippen LogP contribution in [-0.4, -0.2) is 72.2 Å². The van der Waals surface area contributed by atoms with Crippen LogP contribution in [0.1, 0.15) is 87.7 Å². The molecule has 0 aromatic heterocycles. The zero-order chi connectivity index (χ0) is 33.4. The molecule has 0 spiro atoms. The van der Waals surface area contributed by atoms with E-state index in [0.717, 1.165) is 35.1 Å². The molecular formula is C36H50N4O6. The Morgan fingerprint density at radius 2 is 0.957 bits per heavy atom. The second-order valence-corrected chi connectivity index (χ2v) is 12.2. The second-order valence-electron chi connectivity index (χ2n) is 12.2. The molecule has 2 aliphatic heterocycles. The number of likely N-dealkylation sites (N-methyl/N-ethyl adjacent to an activating group) is 2. The van der Waals surface area contributed by atoms with E-state index in [4.69, 9.17) is 9.47 Å². The Morgan fingerprint density at radius 3 is 1.26 bits per heavy atom. The Kier molecular flexibility index (Phi) is 12.3. The standard InChI is InChI=1S/C36H50N4O6/c1-7-11-21-45-35(43)27-29(25-17-13-23(5)14-18-25)39-32(34(42)38-10-4)28(36(44)46-22-12-8-2)30(26-19-15-24(6)16-20-26)40(39)31(27)33(41)37-9-3/h13-20,27-32H,7-12,21-22H2,1-6H3,(H,37,41)(H,38,42)/t27-,28-,29-,30+,31+,32+/m0/s1. The van der Waals surface area contributed by atoms with Crippen molar-refractivity contribution in [3.8, 4) is 0 Å². The Morgan fingerprint density at radius 1 is 0.609 bits per heavy atom. The number of carbonyl (C=O) groups excluding carboxylic acids is 4. The van der Waals surface area contributed by atoms with Gasteiger partial charge in [0.05, 0.1) is 25.3 Å². The molecule has 250 valence electrons. The molecule has 2 saturated heterocycles. The van der Waals surface area contributed by atoms with Crippen LogP contribution >= 0.6 is 0 Å². The molecule has 0 bridgehead atoms. The number of unbranched alkanes of at least 4 members (excludes halogenated alkanes) is 2. The molecule has 46 heavy (non-hydrogen) atoms. The van der Waals surface area contributed by atoms with E-state index in [1.807, 2.05) is 100 Å². The van der Waals surface area contributed by atoms with E-state index in [1.54, 1.807) is 0 Å². The van der Waals surface area contributed by atoms with Crippen LogP contribution in [0, 0.1) is 25.7 Å². The summed E-state index contributed by atoms with van der Waals surface area (Å²) in [7, 11) is 0. The summed E-state index contributed by atoms with van der Waals surface area (Å²) in [5.41, 5.74) is 3.55. The number of benzene rings is 2. The predicted octanol–water partition coefficient (Wildman–Crippen LogP) is 4.56. The van der Waals surface area contributed by atoms with Crippen molar-refractivity contribution >= 4 is 23.8 Å². The highest BCUT2D eigenvalue weighted by atomic mass is 16.5. The number of esters is 2. The number of amides is 2. The highest BCUT2D eigenvalue weighted by molar-refractivity contribution is 5.93. The van der Waals surface area contributed by atoms with Gasteiger partial charge in [-0.25, -0.2) is 10.0 Å². The largest absolute Gasteiger partial charge is 0.465 e. The molecule has 2 heterocycles. The van der Waals surface area contributed by atoms with E-state index in [1.165, 1.54) is 0 Å². The van der Waals surface area contributed by atoms with Crippen LogP contribution in [0.4, 0.5) is 0 Å². The molecule has 2 aliphatic rings. The zero-order valence-electron chi connectivity index (χ0n) is 28.1. The Labute approximate surface area is 273 Å². The molecule has 2 amide bonds. The van der Waals surface area contributed by atoms with Gasteiger partial charge < -0.3 is 20.1 Å². The summed E-state index contributed by atoms with van der Waals surface area (Å²) < 4.78 is 11.7. The van der Waals surface area contributed by atoms with Gasteiger partial charge >= 0.3 is 11.9 Å². The maximum absolute atomic E-state index is 14.2. The average molecular weight is 635 g/mol. The number of hydrogen-bond donors (Lipinski definition) is 2. The fourth-order valence-corrected chi connectivity index (χ4v) is 6.64. The summed E-state index contributed by atoms with van der Waals surface area (Å²) in [5, 5.41) is 9.51. The van der Waals surface area contributed by atoms with Crippen molar-refractivity contribution in [3.63, 3.8) is 0 Å². The van der Waals surface area contributed by atoms with Gasteiger partial charge in [0.1, 0.15) is 23.9 Å². The van der Waals surface area contributed by atoms with Crippen molar-refractivity contribution in [2.45, 2.75) is 91.4 Å². The first-order valence-electron chi connectivity index (χ1n) is 16.8. The Balaban J connectivity index is 2.00. The summed E-state index contributed by atoms with van der Waals surface area (Å²) in [6.45, 7) is 12.8. The number of hydrazine groups is 1. The van der Waals surface area contributed by atoms with E-state index < -0.39 is 47.9 Å². The average Bonchev–Trinajstić information content (AvgIpc) is 3.55. The second kappa shape index (κ2) is 16.2. The topological polar surface area (TPSA) is 117 Å². The maximum atomic E-state index is 14.2. The lowest BCUT2D eigenvalue weighted by atomic mass is 9.81. The first kappa shape index (κ1) is 35.1. The van der Waals surface area contributed by atoms with Gasteiger partial charge in [-0.05, 0) is 51.7 Å². The van der Waals surface area contributed by atoms with Crippen molar-refractivity contribution in [2.24, 2.45) is 11.8 Å². The van der Waals surface area contributed by atoms with Crippen molar-refractivity contribution in [1.29, 1.82) is 0 Å². The van der Waals surface area contributed by atoms with Crippen LogP contribution in [-0.2, 0) is 28.7 Å². The first-order valence-corrected chi connectivity index (χ1v) is 16.8. The van der Waals surface area contributed by atoms with Crippen LogP contribution in [0.5, 0.6) is 0 Å². The fourth-order valence-electron chi connectivity index (χ4n) is 6.64. The van der Waals surface area contributed by atoms with Gasteiger partial charge in [0.2, 0.25) is 11.8 Å². The molecule has 2 aromatic carbocycles. The lowest BCUT2D eigenvalue weighted by molar-refractivity contribution is -0.155. The quantitative estimate of drug-likeness (QED) is 0.230. The minimum Gasteiger partial charge on any atom is -0.465 e. The summed E-state index contributed by atoms with van der Waals surface area (Å²) in [4.78, 5) is 56.7. The van der Waals surface area contributed by atoms with Crippen molar-refractivity contribution in [1.82, 2.24) is 20.7 Å². The molecule has 10 nitrogen and oxygen atoms in total. The minimum absolute atomic E-state index is 0.224. The Hall–Kier alpha value is -3.76. The van der Waals surface area contributed by atoms with Gasteiger partial charge in [-0.3, -0.25) is 19.2 Å². The van der Waals surface area contributed by atoms with E-state index in [9.17, 15) is 19.2 Å². The zero-order valence-corrected chi connectivity index (χ0v) is 28.1. The SMILES string of the molecule is CCCCOC(=O)[C@@H]1[C@H](C(=O)NCC)N2[C@H](c3ccc(C)cc3)[C@H](C(=O)OCCCC)[C@H](C(=O)NCC)N2[C@H]1c1ccc(C)cc1. The van der Waals surface area contributed by atoms with Gasteiger partial charge in [0, 0.05) is 13.1 Å². The number of fused-ring (bicyclic) bond motifs is 1. The molecule has 2 N–H and O–H groups in total. The molecular weight excluding hydrogens is 584 g/mol. The molecule has 0 radical (unpaired) electrons. The lowest BCUT2D eigenvalue weighted by Gasteiger charge is -2.33. The molecule has 0 unspecified atom stereocenters. The smallest absolute Gasteiger partial charge is 0.313 e. The van der Waals surface area contributed by atoms with Gasteiger partial charge in [-0.15, -0.1) is 0 Å².